The van der Waals surface area contributed by atoms with Crippen molar-refractivity contribution in [1.29, 1.82) is 0 Å². The summed E-state index contributed by atoms with van der Waals surface area (Å²) >= 11 is 0. The summed E-state index contributed by atoms with van der Waals surface area (Å²) < 4.78 is 11.7. The summed E-state index contributed by atoms with van der Waals surface area (Å²) in [5, 5.41) is 0. The highest BCUT2D eigenvalue weighted by Crippen LogP contribution is 2.08. The predicted octanol–water partition coefficient (Wildman–Crippen LogP) is 3.11. The van der Waals surface area contributed by atoms with E-state index in [1.54, 1.807) is 0 Å². The second-order valence-electron chi connectivity index (χ2n) is 4.37. The van der Waals surface area contributed by atoms with Gasteiger partial charge in [0.05, 0.1) is 0 Å². The van der Waals surface area contributed by atoms with Crippen molar-refractivity contribution < 1.29 is 8.85 Å². The first-order chi connectivity index (χ1) is 7.58. The molecule has 0 aliphatic rings. The Morgan fingerprint density at radius 3 is 1.88 bits per heavy atom. The van der Waals surface area contributed by atoms with Crippen molar-refractivity contribution in [2.45, 2.75) is 45.9 Å². The van der Waals surface area contributed by atoms with Gasteiger partial charge in [-0.25, -0.2) is 0 Å². The van der Waals surface area contributed by atoms with Crippen LogP contribution in [0.15, 0.2) is 30.3 Å². The average Bonchev–Trinajstić information content (AvgIpc) is 2.16. The number of hydrogen-bond acceptors (Lipinski definition) is 2. The highest BCUT2D eigenvalue weighted by atomic mass is 28.3. The van der Waals surface area contributed by atoms with Crippen molar-refractivity contribution in [3.05, 3.63) is 35.9 Å². The van der Waals surface area contributed by atoms with E-state index in [0.717, 1.165) is 6.04 Å². The van der Waals surface area contributed by atoms with Gasteiger partial charge in [0.25, 0.3) is 0 Å². The smallest absolute Gasteiger partial charge is 0.389 e. The zero-order chi connectivity index (χ0) is 12.0. The van der Waals surface area contributed by atoms with E-state index in [0.29, 0.717) is 0 Å². The molecule has 0 saturated heterocycles. The monoisotopic (exact) mass is 237 g/mol. The molecule has 0 saturated carbocycles. The maximum Gasteiger partial charge on any atom is 0.389 e. The third-order valence-corrected chi connectivity index (χ3v) is 4.09. The van der Waals surface area contributed by atoms with Crippen molar-refractivity contribution >= 4 is 9.28 Å². The molecule has 0 spiro atoms. The van der Waals surface area contributed by atoms with Gasteiger partial charge in [0.1, 0.15) is 0 Å². The normalized spacial score (nSPS) is 11.7. The Morgan fingerprint density at radius 1 is 0.938 bits per heavy atom. The van der Waals surface area contributed by atoms with Crippen LogP contribution in [0.1, 0.15) is 33.3 Å². The van der Waals surface area contributed by atoms with Crippen molar-refractivity contribution in [2.75, 3.05) is 0 Å². The Labute approximate surface area is 100 Å². The minimum Gasteiger partial charge on any atom is -0.391 e. The fourth-order valence-electron chi connectivity index (χ4n) is 1.40. The van der Waals surface area contributed by atoms with Crippen LogP contribution in [0.4, 0.5) is 0 Å². The summed E-state index contributed by atoms with van der Waals surface area (Å²) in [6.07, 6.45) is 0.465. The van der Waals surface area contributed by atoms with Crippen LogP contribution in [0, 0.1) is 0 Å². The van der Waals surface area contributed by atoms with Gasteiger partial charge in [0.15, 0.2) is 0 Å². The molecule has 1 rings (SSSR count). The van der Waals surface area contributed by atoms with Crippen LogP contribution in [0.5, 0.6) is 0 Å². The number of rotatable bonds is 6. The largest absolute Gasteiger partial charge is 0.391 e. The second-order valence-corrected chi connectivity index (χ2v) is 5.94. The van der Waals surface area contributed by atoms with Gasteiger partial charge in [-0.1, -0.05) is 30.3 Å². The summed E-state index contributed by atoms with van der Waals surface area (Å²) in [6, 6.07) is 11.3. The van der Waals surface area contributed by atoms with Gasteiger partial charge in [-0.15, -0.1) is 0 Å². The van der Waals surface area contributed by atoms with Crippen LogP contribution in [-0.4, -0.2) is 21.5 Å². The molecule has 1 aromatic rings. The molecule has 0 atom stereocenters. The van der Waals surface area contributed by atoms with Crippen molar-refractivity contribution in [2.24, 2.45) is 0 Å². The zero-order valence-electron chi connectivity index (χ0n) is 10.6. The standard InChI is InChI=1S/C13H21O2Si/c1-11(2)14-16(15-12(3)4)10-13-8-6-5-7-9-13/h5-9,11-12H,10H2,1-4H3. The minimum atomic E-state index is -1.20. The molecule has 3 heteroatoms. The Kier molecular flexibility index (Phi) is 5.73. The highest BCUT2D eigenvalue weighted by Gasteiger charge is 2.19. The van der Waals surface area contributed by atoms with Crippen LogP contribution >= 0.6 is 0 Å². The highest BCUT2D eigenvalue weighted by molar-refractivity contribution is 6.44. The molecule has 0 fully saturated rings. The van der Waals surface area contributed by atoms with Gasteiger partial charge < -0.3 is 8.85 Å². The molecule has 0 heterocycles. The second kappa shape index (κ2) is 6.84. The SMILES string of the molecule is CC(C)O[Si](Cc1ccccc1)OC(C)C. The van der Waals surface area contributed by atoms with Crippen molar-refractivity contribution in [3.8, 4) is 0 Å². The van der Waals surface area contributed by atoms with Crippen LogP contribution in [0.25, 0.3) is 0 Å². The lowest BCUT2D eigenvalue weighted by Crippen LogP contribution is -2.32. The van der Waals surface area contributed by atoms with Crippen molar-refractivity contribution in [3.63, 3.8) is 0 Å². The van der Waals surface area contributed by atoms with E-state index in [2.05, 4.69) is 52.0 Å². The Bertz CT molecular complexity index is 275. The molecular formula is C13H21O2Si. The van der Waals surface area contributed by atoms with Crippen molar-refractivity contribution in [1.82, 2.24) is 0 Å². The zero-order valence-corrected chi connectivity index (χ0v) is 11.6. The molecule has 1 radical (unpaired) electrons. The van der Waals surface area contributed by atoms with E-state index in [9.17, 15) is 0 Å². The van der Waals surface area contributed by atoms with E-state index < -0.39 is 9.28 Å². The quantitative estimate of drug-likeness (QED) is 0.708. The Hall–Kier alpha value is -0.643. The molecule has 0 bridgehead atoms. The first kappa shape index (κ1) is 13.4. The van der Waals surface area contributed by atoms with E-state index in [1.807, 2.05) is 6.07 Å². The summed E-state index contributed by atoms with van der Waals surface area (Å²) in [5.41, 5.74) is 1.29. The first-order valence-corrected chi connectivity index (χ1v) is 7.33. The Morgan fingerprint density at radius 2 is 1.44 bits per heavy atom. The van der Waals surface area contributed by atoms with Gasteiger partial charge >= 0.3 is 9.28 Å². The predicted molar refractivity (Wildman–Crippen MR) is 68.3 cm³/mol. The van der Waals surface area contributed by atoms with Crippen LogP contribution < -0.4 is 0 Å². The maximum atomic E-state index is 5.84. The average molecular weight is 237 g/mol. The van der Waals surface area contributed by atoms with Crippen LogP contribution in [0.3, 0.4) is 0 Å². The summed E-state index contributed by atoms with van der Waals surface area (Å²) in [4.78, 5) is 0. The van der Waals surface area contributed by atoms with Crippen LogP contribution in [0.2, 0.25) is 0 Å². The van der Waals surface area contributed by atoms with Gasteiger partial charge in [0, 0.05) is 18.3 Å². The molecule has 0 aliphatic heterocycles. The minimum absolute atomic E-state index is 0.233. The van der Waals surface area contributed by atoms with Crippen LogP contribution in [-0.2, 0) is 14.9 Å². The van der Waals surface area contributed by atoms with E-state index in [-0.39, 0.29) is 12.2 Å². The summed E-state index contributed by atoms with van der Waals surface area (Å²) in [6.45, 7) is 8.22. The lowest BCUT2D eigenvalue weighted by molar-refractivity contribution is 0.129. The Balaban J connectivity index is 2.56. The van der Waals surface area contributed by atoms with E-state index >= 15 is 0 Å². The molecule has 0 aliphatic carbocycles. The maximum absolute atomic E-state index is 5.84. The molecule has 16 heavy (non-hydrogen) atoms. The molecule has 0 aromatic heterocycles. The molecule has 2 nitrogen and oxygen atoms in total. The van der Waals surface area contributed by atoms with Gasteiger partial charge in [0.2, 0.25) is 0 Å². The van der Waals surface area contributed by atoms with E-state index in [4.69, 9.17) is 8.85 Å². The molecular weight excluding hydrogens is 216 g/mol. The third-order valence-electron chi connectivity index (χ3n) is 1.93. The lowest BCUT2D eigenvalue weighted by Gasteiger charge is -2.20. The van der Waals surface area contributed by atoms with Gasteiger partial charge in [-0.3, -0.25) is 0 Å². The van der Waals surface area contributed by atoms with Gasteiger partial charge in [-0.05, 0) is 33.3 Å². The third kappa shape index (κ3) is 5.44. The lowest BCUT2D eigenvalue weighted by atomic mass is 10.2. The fraction of sp³-hybridized carbons (Fsp3) is 0.538. The topological polar surface area (TPSA) is 18.5 Å². The molecule has 0 unspecified atom stereocenters. The molecule has 89 valence electrons. The van der Waals surface area contributed by atoms with Gasteiger partial charge in [-0.2, -0.15) is 0 Å². The summed E-state index contributed by atoms with van der Waals surface area (Å²) in [5.74, 6) is 0. The van der Waals surface area contributed by atoms with E-state index in [1.165, 1.54) is 5.56 Å². The summed E-state index contributed by atoms with van der Waals surface area (Å²) in [7, 11) is -1.20. The number of hydrogen-bond donors (Lipinski definition) is 0. The first-order valence-electron chi connectivity index (χ1n) is 5.81. The number of benzene rings is 1. The molecule has 0 amide bonds. The fourth-order valence-corrected chi connectivity index (χ4v) is 3.24. The molecule has 0 N–H and O–H groups in total. The molecule has 1 aromatic carbocycles.